The lowest BCUT2D eigenvalue weighted by Crippen LogP contribution is -2.10. The summed E-state index contributed by atoms with van der Waals surface area (Å²) in [6, 6.07) is 12.7. The molecule has 0 heterocycles. The summed E-state index contributed by atoms with van der Waals surface area (Å²) in [4.78, 5) is 0. The van der Waals surface area contributed by atoms with Crippen LogP contribution in [0.15, 0.2) is 42.5 Å². The van der Waals surface area contributed by atoms with E-state index >= 15 is 0 Å². The SMILES string of the molecule is COc1cccc(F)c1C(C)Nc1cccc(I)c1. The average molecular weight is 371 g/mol. The first-order valence-corrected chi connectivity index (χ1v) is 7.04. The highest BCUT2D eigenvalue weighted by molar-refractivity contribution is 14.1. The van der Waals surface area contributed by atoms with Gasteiger partial charge < -0.3 is 10.1 Å². The van der Waals surface area contributed by atoms with Gasteiger partial charge in [0.15, 0.2) is 0 Å². The molecule has 0 bridgehead atoms. The topological polar surface area (TPSA) is 21.3 Å². The van der Waals surface area contributed by atoms with Gasteiger partial charge in [-0.1, -0.05) is 12.1 Å². The first-order valence-electron chi connectivity index (χ1n) is 5.96. The third-order valence-electron chi connectivity index (χ3n) is 2.87. The first kappa shape index (κ1) is 14.1. The Morgan fingerprint density at radius 3 is 2.63 bits per heavy atom. The number of hydrogen-bond donors (Lipinski definition) is 1. The van der Waals surface area contributed by atoms with Gasteiger partial charge in [0, 0.05) is 9.26 Å². The molecular weight excluding hydrogens is 356 g/mol. The number of benzene rings is 2. The van der Waals surface area contributed by atoms with Crippen LogP contribution < -0.4 is 10.1 Å². The van der Waals surface area contributed by atoms with Gasteiger partial charge in [0.1, 0.15) is 11.6 Å². The van der Waals surface area contributed by atoms with Crippen molar-refractivity contribution in [3.63, 3.8) is 0 Å². The number of nitrogens with one attached hydrogen (secondary N) is 1. The van der Waals surface area contributed by atoms with E-state index < -0.39 is 0 Å². The van der Waals surface area contributed by atoms with Crippen LogP contribution in [-0.4, -0.2) is 7.11 Å². The maximum absolute atomic E-state index is 13.9. The third kappa shape index (κ3) is 3.37. The van der Waals surface area contributed by atoms with Gasteiger partial charge in [-0.3, -0.25) is 0 Å². The van der Waals surface area contributed by atoms with Crippen molar-refractivity contribution in [1.82, 2.24) is 0 Å². The molecule has 19 heavy (non-hydrogen) atoms. The maximum atomic E-state index is 13.9. The molecule has 0 aliphatic heterocycles. The van der Waals surface area contributed by atoms with E-state index in [4.69, 9.17) is 4.74 Å². The van der Waals surface area contributed by atoms with Gasteiger partial charge in [0.05, 0.1) is 18.7 Å². The maximum Gasteiger partial charge on any atom is 0.132 e. The molecule has 0 saturated carbocycles. The molecule has 1 atom stereocenters. The fraction of sp³-hybridized carbons (Fsp3) is 0.200. The molecule has 0 aromatic heterocycles. The van der Waals surface area contributed by atoms with Gasteiger partial charge in [-0.2, -0.15) is 0 Å². The summed E-state index contributed by atoms with van der Waals surface area (Å²) < 4.78 is 20.3. The minimum Gasteiger partial charge on any atom is -0.496 e. The average Bonchev–Trinajstić information content (AvgIpc) is 2.38. The molecule has 0 amide bonds. The number of methoxy groups -OCH3 is 1. The summed E-state index contributed by atoms with van der Waals surface area (Å²) in [5.74, 6) is 0.301. The van der Waals surface area contributed by atoms with E-state index in [9.17, 15) is 4.39 Å². The van der Waals surface area contributed by atoms with Gasteiger partial charge in [-0.05, 0) is 59.8 Å². The highest BCUT2D eigenvalue weighted by Crippen LogP contribution is 2.30. The fourth-order valence-corrected chi connectivity index (χ4v) is 2.56. The van der Waals surface area contributed by atoms with Crippen molar-refractivity contribution >= 4 is 28.3 Å². The van der Waals surface area contributed by atoms with Crippen molar-refractivity contribution in [3.05, 3.63) is 57.4 Å². The molecule has 0 saturated heterocycles. The second kappa shape index (κ2) is 6.23. The molecule has 0 spiro atoms. The van der Waals surface area contributed by atoms with E-state index in [-0.39, 0.29) is 11.9 Å². The predicted molar refractivity (Wildman–Crippen MR) is 84.1 cm³/mol. The van der Waals surface area contributed by atoms with E-state index in [1.807, 2.05) is 31.2 Å². The Morgan fingerprint density at radius 2 is 1.95 bits per heavy atom. The van der Waals surface area contributed by atoms with Crippen molar-refractivity contribution in [2.24, 2.45) is 0 Å². The lowest BCUT2D eigenvalue weighted by atomic mass is 10.1. The van der Waals surface area contributed by atoms with Crippen molar-refractivity contribution in [3.8, 4) is 5.75 Å². The Hall–Kier alpha value is -1.30. The largest absolute Gasteiger partial charge is 0.496 e. The van der Waals surface area contributed by atoms with E-state index in [1.165, 1.54) is 6.07 Å². The molecule has 100 valence electrons. The first-order chi connectivity index (χ1) is 9.11. The van der Waals surface area contributed by atoms with Crippen molar-refractivity contribution in [2.45, 2.75) is 13.0 Å². The second-order valence-corrected chi connectivity index (χ2v) is 5.48. The van der Waals surface area contributed by atoms with E-state index in [0.29, 0.717) is 11.3 Å². The molecule has 4 heteroatoms. The third-order valence-corrected chi connectivity index (χ3v) is 3.54. The van der Waals surface area contributed by atoms with Crippen LogP contribution in [0.1, 0.15) is 18.5 Å². The smallest absolute Gasteiger partial charge is 0.132 e. The molecule has 1 N–H and O–H groups in total. The second-order valence-electron chi connectivity index (χ2n) is 4.23. The molecule has 0 radical (unpaired) electrons. The molecule has 2 rings (SSSR count). The highest BCUT2D eigenvalue weighted by Gasteiger charge is 2.16. The molecule has 0 aliphatic rings. The zero-order valence-electron chi connectivity index (χ0n) is 10.8. The van der Waals surface area contributed by atoms with Crippen LogP contribution in [0.4, 0.5) is 10.1 Å². The molecule has 2 aromatic carbocycles. The Bertz CT molecular complexity index is 574. The Balaban J connectivity index is 2.27. The Morgan fingerprint density at radius 1 is 1.21 bits per heavy atom. The summed E-state index contributed by atoms with van der Waals surface area (Å²) in [5.41, 5.74) is 1.51. The van der Waals surface area contributed by atoms with Gasteiger partial charge in [-0.15, -0.1) is 0 Å². The van der Waals surface area contributed by atoms with Crippen LogP contribution in [0.25, 0.3) is 0 Å². The van der Waals surface area contributed by atoms with Crippen LogP contribution in [0.5, 0.6) is 5.75 Å². The summed E-state index contributed by atoms with van der Waals surface area (Å²) in [7, 11) is 1.55. The summed E-state index contributed by atoms with van der Waals surface area (Å²) in [6.45, 7) is 1.92. The Labute approximate surface area is 126 Å². The zero-order chi connectivity index (χ0) is 13.8. The monoisotopic (exact) mass is 371 g/mol. The van der Waals surface area contributed by atoms with Crippen molar-refractivity contribution in [2.75, 3.05) is 12.4 Å². The Kier molecular flexibility index (Phi) is 4.63. The van der Waals surface area contributed by atoms with Gasteiger partial charge >= 0.3 is 0 Å². The van der Waals surface area contributed by atoms with Gasteiger partial charge in [-0.25, -0.2) is 4.39 Å². The number of ether oxygens (including phenoxy) is 1. The van der Waals surface area contributed by atoms with E-state index in [2.05, 4.69) is 27.9 Å². The van der Waals surface area contributed by atoms with Gasteiger partial charge in [0.25, 0.3) is 0 Å². The van der Waals surface area contributed by atoms with Crippen LogP contribution in [0.2, 0.25) is 0 Å². The van der Waals surface area contributed by atoms with Crippen LogP contribution >= 0.6 is 22.6 Å². The molecule has 2 aromatic rings. The quantitative estimate of drug-likeness (QED) is 0.793. The minimum atomic E-state index is -0.259. The molecule has 1 unspecified atom stereocenters. The molecule has 0 aliphatic carbocycles. The molecule has 2 nitrogen and oxygen atoms in total. The summed E-state index contributed by atoms with van der Waals surface area (Å²) in [6.07, 6.45) is 0. The minimum absolute atomic E-state index is 0.172. The predicted octanol–water partition coefficient (Wildman–Crippen LogP) is 4.61. The van der Waals surface area contributed by atoms with Crippen molar-refractivity contribution in [1.29, 1.82) is 0 Å². The standard InChI is InChI=1S/C15H15FINO/c1-10(18-12-6-3-5-11(17)9-12)15-13(16)7-4-8-14(15)19-2/h3-10,18H,1-2H3. The number of anilines is 1. The van der Waals surface area contributed by atoms with Crippen LogP contribution in [0.3, 0.4) is 0 Å². The lowest BCUT2D eigenvalue weighted by Gasteiger charge is -2.19. The normalized spacial score (nSPS) is 12.0. The highest BCUT2D eigenvalue weighted by atomic mass is 127. The number of halogens is 2. The number of hydrogen-bond acceptors (Lipinski definition) is 2. The van der Waals surface area contributed by atoms with E-state index in [1.54, 1.807) is 19.2 Å². The van der Waals surface area contributed by atoms with Gasteiger partial charge in [0.2, 0.25) is 0 Å². The van der Waals surface area contributed by atoms with Crippen molar-refractivity contribution < 1.29 is 9.13 Å². The molecule has 0 fully saturated rings. The summed E-state index contributed by atoms with van der Waals surface area (Å²) in [5, 5.41) is 3.29. The number of rotatable bonds is 4. The lowest BCUT2D eigenvalue weighted by molar-refractivity contribution is 0.402. The zero-order valence-corrected chi connectivity index (χ0v) is 12.9. The van der Waals surface area contributed by atoms with Crippen LogP contribution in [0, 0.1) is 9.39 Å². The fourth-order valence-electron chi connectivity index (χ4n) is 2.02. The van der Waals surface area contributed by atoms with E-state index in [0.717, 1.165) is 9.26 Å². The molecular formula is C15H15FINO. The van der Waals surface area contributed by atoms with Crippen LogP contribution in [-0.2, 0) is 0 Å². The summed E-state index contributed by atoms with van der Waals surface area (Å²) >= 11 is 2.25.